The molecule has 20 heavy (non-hydrogen) atoms. The summed E-state index contributed by atoms with van der Waals surface area (Å²) in [5.41, 5.74) is 0.955. The first-order chi connectivity index (χ1) is 9.72. The third kappa shape index (κ3) is 3.87. The van der Waals surface area contributed by atoms with Gasteiger partial charge in [-0.3, -0.25) is 0 Å². The Morgan fingerprint density at radius 1 is 1.25 bits per heavy atom. The summed E-state index contributed by atoms with van der Waals surface area (Å²) < 4.78 is 5.36. The van der Waals surface area contributed by atoms with Gasteiger partial charge in [-0.2, -0.15) is 0 Å². The van der Waals surface area contributed by atoms with Gasteiger partial charge in [-0.05, 0) is 31.5 Å². The first-order valence-electron chi connectivity index (χ1n) is 6.63. The fourth-order valence-corrected chi connectivity index (χ4v) is 2.71. The second kappa shape index (κ2) is 7.14. The Balaban J connectivity index is 2.22. The Morgan fingerprint density at radius 2 is 2.05 bits per heavy atom. The van der Waals surface area contributed by atoms with Crippen molar-refractivity contribution >= 4 is 17.7 Å². The Morgan fingerprint density at radius 3 is 2.80 bits per heavy atom. The van der Waals surface area contributed by atoms with Crippen molar-refractivity contribution in [3.63, 3.8) is 0 Å². The van der Waals surface area contributed by atoms with E-state index in [2.05, 4.69) is 22.2 Å². The van der Waals surface area contributed by atoms with Gasteiger partial charge in [0.25, 0.3) is 0 Å². The van der Waals surface area contributed by atoms with E-state index in [-0.39, 0.29) is 0 Å². The number of para-hydroxylation sites is 1. The van der Waals surface area contributed by atoms with Crippen LogP contribution in [0.2, 0.25) is 0 Å². The Labute approximate surface area is 124 Å². The van der Waals surface area contributed by atoms with Gasteiger partial charge >= 0.3 is 0 Å². The van der Waals surface area contributed by atoms with Crippen molar-refractivity contribution in [1.29, 1.82) is 0 Å². The number of nitrogens with zero attached hydrogens (tertiary/aromatic N) is 2. The zero-order valence-corrected chi connectivity index (χ0v) is 12.8. The highest BCUT2D eigenvalue weighted by Crippen LogP contribution is 2.34. The standard InChI is InChI=1S/C15H19N3OS/c1-4-9-16-15-17-11(2)10-14(18-15)20-13-8-6-5-7-12(13)19-3/h5-8,10H,4,9H2,1-3H3,(H,16,17,18). The van der Waals surface area contributed by atoms with E-state index in [4.69, 9.17) is 4.74 Å². The van der Waals surface area contributed by atoms with Crippen molar-refractivity contribution in [2.75, 3.05) is 19.0 Å². The largest absolute Gasteiger partial charge is 0.496 e. The summed E-state index contributed by atoms with van der Waals surface area (Å²) in [6.07, 6.45) is 1.05. The van der Waals surface area contributed by atoms with Crippen LogP contribution in [0.1, 0.15) is 19.0 Å². The second-order valence-corrected chi connectivity index (χ2v) is 5.41. The zero-order valence-electron chi connectivity index (χ0n) is 12.0. The zero-order chi connectivity index (χ0) is 14.4. The van der Waals surface area contributed by atoms with Crippen LogP contribution in [0.3, 0.4) is 0 Å². The maximum atomic E-state index is 5.36. The fraction of sp³-hybridized carbons (Fsp3) is 0.333. The lowest BCUT2D eigenvalue weighted by Crippen LogP contribution is -2.05. The van der Waals surface area contributed by atoms with Crippen LogP contribution in [-0.4, -0.2) is 23.6 Å². The van der Waals surface area contributed by atoms with Crippen LogP contribution in [0.15, 0.2) is 40.3 Å². The van der Waals surface area contributed by atoms with E-state index in [1.165, 1.54) is 0 Å². The van der Waals surface area contributed by atoms with E-state index in [0.717, 1.165) is 34.3 Å². The maximum Gasteiger partial charge on any atom is 0.223 e. The summed E-state index contributed by atoms with van der Waals surface area (Å²) in [5.74, 6) is 1.54. The molecule has 2 rings (SSSR count). The van der Waals surface area contributed by atoms with Gasteiger partial charge in [-0.15, -0.1) is 0 Å². The molecule has 1 aromatic carbocycles. The molecule has 0 atom stereocenters. The highest BCUT2D eigenvalue weighted by atomic mass is 32.2. The number of ether oxygens (including phenoxy) is 1. The van der Waals surface area contributed by atoms with Crippen molar-refractivity contribution in [3.8, 4) is 5.75 Å². The maximum absolute atomic E-state index is 5.36. The second-order valence-electron chi connectivity index (χ2n) is 4.35. The van der Waals surface area contributed by atoms with Crippen LogP contribution in [0.4, 0.5) is 5.95 Å². The summed E-state index contributed by atoms with van der Waals surface area (Å²) in [4.78, 5) is 9.97. The molecular weight excluding hydrogens is 270 g/mol. The van der Waals surface area contributed by atoms with Gasteiger partial charge in [-0.1, -0.05) is 30.8 Å². The molecule has 0 bridgehead atoms. The molecule has 5 heteroatoms. The van der Waals surface area contributed by atoms with Gasteiger partial charge in [0.15, 0.2) is 0 Å². The predicted octanol–water partition coefficient (Wildman–Crippen LogP) is 3.77. The molecule has 0 aliphatic heterocycles. The molecule has 1 N–H and O–H groups in total. The summed E-state index contributed by atoms with van der Waals surface area (Å²) in [6.45, 7) is 4.97. The number of aryl methyl sites for hydroxylation is 1. The molecule has 0 spiro atoms. The third-order valence-electron chi connectivity index (χ3n) is 2.65. The highest BCUT2D eigenvalue weighted by Gasteiger charge is 2.07. The van der Waals surface area contributed by atoms with Crippen LogP contribution in [-0.2, 0) is 0 Å². The molecule has 0 saturated carbocycles. The minimum Gasteiger partial charge on any atom is -0.496 e. The summed E-state index contributed by atoms with van der Waals surface area (Å²) in [7, 11) is 1.68. The number of aromatic nitrogens is 2. The molecule has 106 valence electrons. The molecule has 4 nitrogen and oxygen atoms in total. The van der Waals surface area contributed by atoms with Crippen LogP contribution in [0, 0.1) is 6.92 Å². The van der Waals surface area contributed by atoms with E-state index in [0.29, 0.717) is 5.95 Å². The molecule has 2 aromatic rings. The van der Waals surface area contributed by atoms with Gasteiger partial charge in [0.05, 0.1) is 12.0 Å². The van der Waals surface area contributed by atoms with Crippen molar-refractivity contribution in [2.45, 2.75) is 30.2 Å². The lowest BCUT2D eigenvalue weighted by atomic mass is 10.3. The topological polar surface area (TPSA) is 47.0 Å². The van der Waals surface area contributed by atoms with Gasteiger partial charge in [0.2, 0.25) is 5.95 Å². The smallest absolute Gasteiger partial charge is 0.223 e. The van der Waals surface area contributed by atoms with Crippen molar-refractivity contribution < 1.29 is 4.74 Å². The van der Waals surface area contributed by atoms with Crippen LogP contribution in [0.25, 0.3) is 0 Å². The molecule has 0 amide bonds. The Bertz CT molecular complexity index is 575. The fourth-order valence-electron chi connectivity index (χ4n) is 1.72. The van der Waals surface area contributed by atoms with Gasteiger partial charge in [0.1, 0.15) is 10.8 Å². The van der Waals surface area contributed by atoms with Gasteiger partial charge in [-0.25, -0.2) is 9.97 Å². The first kappa shape index (κ1) is 14.7. The molecule has 0 radical (unpaired) electrons. The Hall–Kier alpha value is -1.75. The highest BCUT2D eigenvalue weighted by molar-refractivity contribution is 7.99. The molecule has 1 heterocycles. The number of hydrogen-bond donors (Lipinski definition) is 1. The van der Waals surface area contributed by atoms with E-state index in [1.54, 1.807) is 18.9 Å². The van der Waals surface area contributed by atoms with E-state index in [9.17, 15) is 0 Å². The van der Waals surface area contributed by atoms with E-state index < -0.39 is 0 Å². The lowest BCUT2D eigenvalue weighted by Gasteiger charge is -2.09. The molecule has 1 aromatic heterocycles. The normalized spacial score (nSPS) is 10.3. The first-order valence-corrected chi connectivity index (χ1v) is 7.45. The monoisotopic (exact) mass is 289 g/mol. The quantitative estimate of drug-likeness (QED) is 0.820. The average molecular weight is 289 g/mol. The molecule has 0 aliphatic rings. The van der Waals surface area contributed by atoms with Gasteiger partial charge < -0.3 is 10.1 Å². The van der Waals surface area contributed by atoms with E-state index >= 15 is 0 Å². The summed E-state index contributed by atoms with van der Waals surface area (Å²) in [6, 6.07) is 9.92. The predicted molar refractivity (Wildman–Crippen MR) is 82.7 cm³/mol. The average Bonchev–Trinajstić information content (AvgIpc) is 2.45. The minimum absolute atomic E-state index is 0.684. The Kier molecular flexibility index (Phi) is 5.24. The SMILES string of the molecule is CCCNc1nc(C)cc(Sc2ccccc2OC)n1. The minimum atomic E-state index is 0.684. The van der Waals surface area contributed by atoms with Crippen LogP contribution < -0.4 is 10.1 Å². The van der Waals surface area contributed by atoms with Crippen molar-refractivity contribution in [3.05, 3.63) is 36.0 Å². The van der Waals surface area contributed by atoms with Crippen molar-refractivity contribution in [2.24, 2.45) is 0 Å². The van der Waals surface area contributed by atoms with Crippen LogP contribution in [0.5, 0.6) is 5.75 Å². The van der Waals surface area contributed by atoms with Crippen LogP contribution >= 0.6 is 11.8 Å². The number of methoxy groups -OCH3 is 1. The number of nitrogens with one attached hydrogen (secondary N) is 1. The molecule has 0 aliphatic carbocycles. The summed E-state index contributed by atoms with van der Waals surface area (Å²) >= 11 is 1.58. The van der Waals surface area contributed by atoms with Crippen molar-refractivity contribution in [1.82, 2.24) is 9.97 Å². The molecular formula is C15H19N3OS. The van der Waals surface area contributed by atoms with E-state index in [1.807, 2.05) is 37.3 Å². The number of anilines is 1. The third-order valence-corrected chi connectivity index (χ3v) is 3.62. The number of rotatable bonds is 6. The number of hydrogen-bond acceptors (Lipinski definition) is 5. The molecule has 0 fully saturated rings. The molecule has 0 unspecified atom stereocenters. The van der Waals surface area contributed by atoms with Gasteiger partial charge in [0, 0.05) is 12.2 Å². The summed E-state index contributed by atoms with van der Waals surface area (Å²) in [5, 5.41) is 4.14. The lowest BCUT2D eigenvalue weighted by molar-refractivity contribution is 0.405. The molecule has 0 saturated heterocycles. The number of benzene rings is 1.